The van der Waals surface area contributed by atoms with Crippen molar-refractivity contribution in [3.63, 3.8) is 0 Å². The molecule has 0 radical (unpaired) electrons. The molecule has 0 spiro atoms. The van der Waals surface area contributed by atoms with Crippen molar-refractivity contribution in [2.45, 2.75) is 0 Å². The van der Waals surface area contributed by atoms with Gasteiger partial charge in [-0.3, -0.25) is 4.79 Å². The van der Waals surface area contributed by atoms with Gasteiger partial charge in [-0.25, -0.2) is 9.97 Å². The number of aromatic nitrogens is 3. The van der Waals surface area contributed by atoms with E-state index in [9.17, 15) is 4.79 Å². The lowest BCUT2D eigenvalue weighted by molar-refractivity contribution is 0.122. The molecule has 17 heavy (non-hydrogen) atoms. The second-order valence-electron chi connectivity index (χ2n) is 3.87. The second-order valence-corrected chi connectivity index (χ2v) is 3.87. The van der Waals surface area contributed by atoms with Crippen LogP contribution in [-0.4, -0.2) is 41.3 Å². The van der Waals surface area contributed by atoms with Crippen LogP contribution in [-0.2, 0) is 4.74 Å². The summed E-state index contributed by atoms with van der Waals surface area (Å²) in [6.07, 6.45) is 3.26. The third kappa shape index (κ3) is 1.87. The van der Waals surface area contributed by atoms with Gasteiger partial charge in [-0.2, -0.15) is 0 Å². The molecule has 0 atom stereocenters. The lowest BCUT2D eigenvalue weighted by atomic mass is 10.4. The van der Waals surface area contributed by atoms with E-state index in [4.69, 9.17) is 4.74 Å². The van der Waals surface area contributed by atoms with Crippen LogP contribution in [0, 0.1) is 0 Å². The third-order valence-corrected chi connectivity index (χ3v) is 2.78. The van der Waals surface area contributed by atoms with Gasteiger partial charge < -0.3 is 14.6 Å². The molecule has 1 saturated heterocycles. The smallest absolute Gasteiger partial charge is 0.209 e. The van der Waals surface area contributed by atoms with Crippen molar-refractivity contribution in [2.24, 2.45) is 0 Å². The highest BCUT2D eigenvalue weighted by molar-refractivity contribution is 5.70. The molecule has 1 aliphatic heterocycles. The van der Waals surface area contributed by atoms with Crippen LogP contribution in [0.4, 0.5) is 5.82 Å². The maximum atomic E-state index is 11.6. The van der Waals surface area contributed by atoms with Gasteiger partial charge in [-0.15, -0.1) is 0 Å². The highest BCUT2D eigenvalue weighted by Crippen LogP contribution is 2.13. The van der Waals surface area contributed by atoms with E-state index in [0.717, 1.165) is 18.9 Å². The van der Waals surface area contributed by atoms with Crippen LogP contribution in [0.3, 0.4) is 0 Å². The molecule has 1 aliphatic rings. The highest BCUT2D eigenvalue weighted by atomic mass is 16.5. The summed E-state index contributed by atoms with van der Waals surface area (Å²) in [7, 11) is 0. The molecule has 3 heterocycles. The first kappa shape index (κ1) is 10.2. The molecule has 6 nitrogen and oxygen atoms in total. The number of nitrogens with one attached hydrogen (secondary N) is 1. The van der Waals surface area contributed by atoms with Crippen LogP contribution in [0.15, 0.2) is 23.3 Å². The Bertz CT molecular complexity index is 589. The number of rotatable bonds is 1. The molecule has 88 valence electrons. The average Bonchev–Trinajstić information content (AvgIpc) is 2.40. The number of anilines is 1. The number of nitrogens with zero attached hydrogens (tertiary/aromatic N) is 3. The Hall–Kier alpha value is -1.95. The topological polar surface area (TPSA) is 71.1 Å². The van der Waals surface area contributed by atoms with E-state index >= 15 is 0 Å². The predicted molar refractivity (Wildman–Crippen MR) is 63.2 cm³/mol. The minimum absolute atomic E-state index is 0.110. The Balaban J connectivity index is 2.06. The summed E-state index contributed by atoms with van der Waals surface area (Å²) < 4.78 is 5.27. The second kappa shape index (κ2) is 4.14. The molecule has 1 N–H and O–H groups in total. The number of hydrogen-bond acceptors (Lipinski definition) is 5. The zero-order valence-corrected chi connectivity index (χ0v) is 9.22. The first-order chi connectivity index (χ1) is 8.34. The van der Waals surface area contributed by atoms with Crippen LogP contribution in [0.25, 0.3) is 11.2 Å². The average molecular weight is 232 g/mol. The highest BCUT2D eigenvalue weighted by Gasteiger charge is 2.13. The minimum Gasteiger partial charge on any atom is -0.378 e. The number of fused-ring (bicyclic) bond motifs is 1. The van der Waals surface area contributed by atoms with Crippen molar-refractivity contribution >= 4 is 17.0 Å². The van der Waals surface area contributed by atoms with E-state index in [2.05, 4.69) is 19.9 Å². The number of aromatic amines is 1. The molecule has 0 saturated carbocycles. The van der Waals surface area contributed by atoms with Gasteiger partial charge in [0.05, 0.1) is 19.4 Å². The van der Waals surface area contributed by atoms with E-state index in [0.29, 0.717) is 24.4 Å². The largest absolute Gasteiger partial charge is 0.378 e. The van der Waals surface area contributed by atoms with Crippen LogP contribution in [0.2, 0.25) is 0 Å². The van der Waals surface area contributed by atoms with Crippen molar-refractivity contribution in [3.8, 4) is 0 Å². The van der Waals surface area contributed by atoms with Crippen LogP contribution < -0.4 is 10.3 Å². The summed E-state index contributed by atoms with van der Waals surface area (Å²) in [6.45, 7) is 2.94. The Morgan fingerprint density at radius 3 is 3.00 bits per heavy atom. The van der Waals surface area contributed by atoms with Gasteiger partial charge in [-0.1, -0.05) is 0 Å². The first-order valence-electron chi connectivity index (χ1n) is 5.52. The van der Waals surface area contributed by atoms with E-state index in [-0.39, 0.29) is 5.43 Å². The first-order valence-corrected chi connectivity index (χ1v) is 5.52. The Kier molecular flexibility index (Phi) is 2.49. The summed E-state index contributed by atoms with van der Waals surface area (Å²) in [5, 5.41) is 0. The number of ether oxygens (including phenoxy) is 1. The summed E-state index contributed by atoms with van der Waals surface area (Å²) in [5.41, 5.74) is 0.798. The van der Waals surface area contributed by atoms with Crippen LogP contribution >= 0.6 is 0 Å². The zero-order valence-electron chi connectivity index (χ0n) is 9.22. The fourth-order valence-electron chi connectivity index (χ4n) is 1.88. The van der Waals surface area contributed by atoms with Gasteiger partial charge in [0.15, 0.2) is 11.2 Å². The van der Waals surface area contributed by atoms with Crippen molar-refractivity contribution in [3.05, 3.63) is 28.7 Å². The Morgan fingerprint density at radius 1 is 1.35 bits per heavy atom. The number of hydrogen-bond donors (Lipinski definition) is 1. The van der Waals surface area contributed by atoms with Crippen molar-refractivity contribution < 1.29 is 4.74 Å². The summed E-state index contributed by atoms with van der Waals surface area (Å²) >= 11 is 0. The van der Waals surface area contributed by atoms with Gasteiger partial charge in [0.1, 0.15) is 5.82 Å². The molecule has 2 aromatic rings. The number of pyridine rings is 1. The van der Waals surface area contributed by atoms with Crippen molar-refractivity contribution in [1.82, 2.24) is 15.0 Å². The quantitative estimate of drug-likeness (QED) is 0.758. The van der Waals surface area contributed by atoms with Gasteiger partial charge in [0, 0.05) is 25.4 Å². The lowest BCUT2D eigenvalue weighted by Crippen LogP contribution is -2.37. The maximum absolute atomic E-state index is 11.6. The summed E-state index contributed by atoms with van der Waals surface area (Å²) in [4.78, 5) is 25.2. The molecule has 0 aliphatic carbocycles. The van der Waals surface area contributed by atoms with E-state index in [1.54, 1.807) is 12.4 Å². The molecular weight excluding hydrogens is 220 g/mol. The molecule has 0 aromatic carbocycles. The van der Waals surface area contributed by atoms with E-state index < -0.39 is 0 Å². The van der Waals surface area contributed by atoms with Gasteiger partial charge in [0.25, 0.3) is 0 Å². The van der Waals surface area contributed by atoms with Gasteiger partial charge >= 0.3 is 0 Å². The number of morpholine rings is 1. The molecule has 0 unspecified atom stereocenters. The molecule has 6 heteroatoms. The normalized spacial score (nSPS) is 16.4. The third-order valence-electron chi connectivity index (χ3n) is 2.78. The van der Waals surface area contributed by atoms with E-state index in [1.165, 1.54) is 6.07 Å². The fourth-order valence-corrected chi connectivity index (χ4v) is 1.88. The molecule has 0 amide bonds. The standard InChI is InChI=1S/C11H12N4O2/c16-8-1-2-12-11-10(8)14-9(7-13-11)15-3-5-17-6-4-15/h1-2,7H,3-6H2,(H,12,13,16). The lowest BCUT2D eigenvalue weighted by Gasteiger charge is -2.27. The molecule has 2 aromatic heterocycles. The fraction of sp³-hybridized carbons (Fsp3) is 0.364. The monoisotopic (exact) mass is 232 g/mol. The van der Waals surface area contributed by atoms with Crippen LogP contribution in [0.1, 0.15) is 0 Å². The Labute approximate surface area is 97.3 Å². The summed E-state index contributed by atoms with van der Waals surface area (Å²) in [5.74, 6) is 0.734. The van der Waals surface area contributed by atoms with Crippen molar-refractivity contribution in [1.29, 1.82) is 0 Å². The van der Waals surface area contributed by atoms with Gasteiger partial charge in [0.2, 0.25) is 5.43 Å². The molecular formula is C11H12N4O2. The van der Waals surface area contributed by atoms with E-state index in [1.807, 2.05) is 0 Å². The maximum Gasteiger partial charge on any atom is 0.209 e. The zero-order chi connectivity index (χ0) is 11.7. The molecule has 0 bridgehead atoms. The van der Waals surface area contributed by atoms with Crippen molar-refractivity contribution in [2.75, 3.05) is 31.2 Å². The minimum atomic E-state index is -0.110. The van der Waals surface area contributed by atoms with Crippen LogP contribution in [0.5, 0.6) is 0 Å². The summed E-state index contributed by atoms with van der Waals surface area (Å²) in [6, 6.07) is 1.46. The van der Waals surface area contributed by atoms with Gasteiger partial charge in [-0.05, 0) is 0 Å². The molecule has 1 fully saturated rings. The SMILES string of the molecule is O=c1cc[nH]c2ncc(N3CCOCC3)nc12. The number of H-pyrrole nitrogens is 1. The Morgan fingerprint density at radius 2 is 2.18 bits per heavy atom. The molecule has 3 rings (SSSR count). The predicted octanol–water partition coefficient (Wildman–Crippen LogP) is 0.155.